The fraction of sp³-hybridized carbons (Fsp3) is 0.517. The van der Waals surface area contributed by atoms with Crippen LogP contribution < -0.4 is 5.32 Å². The van der Waals surface area contributed by atoms with E-state index >= 15 is 0 Å². The van der Waals surface area contributed by atoms with Crippen LogP contribution in [0.1, 0.15) is 53.0 Å². The number of aryl methyl sites for hydroxylation is 1. The standard InChI is InChI=1S/C29H33F6N3O2/c1-18-5-3-4-6-23(18)25-17-38(26(39)20-7-10-36-11-8-20)12-9-24(25)27(40)37(2)16-19-13-21(28(30,31)32)15-22(14-19)29(33,34)35/h3-6,13-15,20,24-25,36H,7-12,16-17H2,1-2H3. The second kappa shape index (κ2) is 11.8. The van der Waals surface area contributed by atoms with Crippen LogP contribution in [0.5, 0.6) is 0 Å². The predicted molar refractivity (Wildman–Crippen MR) is 137 cm³/mol. The zero-order valence-electron chi connectivity index (χ0n) is 22.4. The largest absolute Gasteiger partial charge is 0.416 e. The first kappa shape index (κ1) is 29.9. The van der Waals surface area contributed by atoms with Crippen molar-refractivity contribution in [2.45, 2.75) is 51.0 Å². The van der Waals surface area contributed by atoms with Gasteiger partial charge in [-0.15, -0.1) is 0 Å². The van der Waals surface area contributed by atoms with E-state index < -0.39 is 35.9 Å². The average molecular weight is 570 g/mol. The van der Waals surface area contributed by atoms with Crippen molar-refractivity contribution in [1.82, 2.24) is 15.1 Å². The molecule has 0 radical (unpaired) electrons. The zero-order valence-corrected chi connectivity index (χ0v) is 22.4. The molecule has 11 heteroatoms. The minimum absolute atomic E-state index is 0.0583. The van der Waals surface area contributed by atoms with Gasteiger partial charge in [0.1, 0.15) is 0 Å². The molecule has 0 saturated carbocycles. The van der Waals surface area contributed by atoms with Crippen LogP contribution in [-0.2, 0) is 28.5 Å². The molecule has 2 saturated heterocycles. The van der Waals surface area contributed by atoms with Crippen LogP contribution >= 0.6 is 0 Å². The third-order valence-electron chi connectivity index (χ3n) is 7.96. The van der Waals surface area contributed by atoms with E-state index in [9.17, 15) is 35.9 Å². The number of hydrogen-bond donors (Lipinski definition) is 1. The van der Waals surface area contributed by atoms with Gasteiger partial charge in [-0.1, -0.05) is 24.3 Å². The van der Waals surface area contributed by atoms with E-state index in [0.717, 1.165) is 37.1 Å². The summed E-state index contributed by atoms with van der Waals surface area (Å²) < 4.78 is 80.1. The SMILES string of the molecule is Cc1ccccc1C1CN(C(=O)C2CCNCC2)CCC1C(=O)N(C)Cc1cc(C(F)(F)F)cc(C(F)(F)F)c1. The van der Waals surface area contributed by atoms with E-state index in [0.29, 0.717) is 31.6 Å². The lowest BCUT2D eigenvalue weighted by Gasteiger charge is -2.41. The summed E-state index contributed by atoms with van der Waals surface area (Å²) in [5.41, 5.74) is -1.25. The van der Waals surface area contributed by atoms with Gasteiger partial charge in [-0.3, -0.25) is 9.59 Å². The highest BCUT2D eigenvalue weighted by molar-refractivity contribution is 5.82. The summed E-state index contributed by atoms with van der Waals surface area (Å²) in [6.07, 6.45) is -8.11. The molecule has 2 fully saturated rings. The van der Waals surface area contributed by atoms with E-state index in [-0.39, 0.29) is 35.3 Å². The molecule has 0 spiro atoms. The van der Waals surface area contributed by atoms with Crippen molar-refractivity contribution in [3.63, 3.8) is 0 Å². The lowest BCUT2D eigenvalue weighted by Crippen LogP contribution is -2.50. The van der Waals surface area contributed by atoms with Gasteiger partial charge >= 0.3 is 12.4 Å². The summed E-state index contributed by atoms with van der Waals surface area (Å²) in [4.78, 5) is 30.0. The van der Waals surface area contributed by atoms with Crippen molar-refractivity contribution in [1.29, 1.82) is 0 Å². The molecule has 2 aliphatic heterocycles. The molecule has 5 nitrogen and oxygen atoms in total. The quantitative estimate of drug-likeness (QED) is 0.476. The molecule has 40 heavy (non-hydrogen) atoms. The number of likely N-dealkylation sites (tertiary alicyclic amines) is 1. The number of halogens is 6. The minimum atomic E-state index is -4.97. The number of amides is 2. The molecule has 2 heterocycles. The molecule has 218 valence electrons. The van der Waals surface area contributed by atoms with Gasteiger partial charge in [0.05, 0.1) is 11.1 Å². The van der Waals surface area contributed by atoms with Gasteiger partial charge in [0.2, 0.25) is 11.8 Å². The maximum Gasteiger partial charge on any atom is 0.416 e. The van der Waals surface area contributed by atoms with Gasteiger partial charge in [-0.05, 0) is 74.2 Å². The summed E-state index contributed by atoms with van der Waals surface area (Å²) in [7, 11) is 1.39. The Hall–Kier alpha value is -3.08. The zero-order chi connectivity index (χ0) is 29.2. The summed E-state index contributed by atoms with van der Waals surface area (Å²) in [6.45, 7) is 3.71. The lowest BCUT2D eigenvalue weighted by atomic mass is 9.78. The van der Waals surface area contributed by atoms with Crippen LogP contribution in [0.4, 0.5) is 26.3 Å². The highest BCUT2D eigenvalue weighted by Crippen LogP contribution is 2.38. The van der Waals surface area contributed by atoms with Crippen LogP contribution in [-0.4, -0.2) is 54.8 Å². The van der Waals surface area contributed by atoms with Gasteiger partial charge in [0.15, 0.2) is 0 Å². The number of nitrogens with one attached hydrogen (secondary N) is 1. The average Bonchev–Trinajstić information content (AvgIpc) is 2.91. The Balaban J connectivity index is 1.58. The highest BCUT2D eigenvalue weighted by atomic mass is 19.4. The maximum atomic E-state index is 13.7. The van der Waals surface area contributed by atoms with Crippen molar-refractivity contribution in [2.75, 3.05) is 33.2 Å². The molecule has 2 amide bonds. The van der Waals surface area contributed by atoms with E-state index in [1.165, 1.54) is 11.9 Å². The van der Waals surface area contributed by atoms with E-state index in [1.807, 2.05) is 31.2 Å². The number of carbonyl (C=O) groups is 2. The molecule has 0 aliphatic carbocycles. The summed E-state index contributed by atoms with van der Waals surface area (Å²) in [6, 6.07) is 8.92. The van der Waals surface area contributed by atoms with Gasteiger partial charge in [-0.25, -0.2) is 0 Å². The fourth-order valence-corrected chi connectivity index (χ4v) is 5.84. The highest BCUT2D eigenvalue weighted by Gasteiger charge is 2.41. The van der Waals surface area contributed by atoms with Gasteiger partial charge < -0.3 is 15.1 Å². The topological polar surface area (TPSA) is 52.7 Å². The first-order chi connectivity index (χ1) is 18.8. The number of piperidine rings is 2. The number of rotatable bonds is 5. The first-order valence-corrected chi connectivity index (χ1v) is 13.3. The van der Waals surface area contributed by atoms with Crippen molar-refractivity contribution in [3.8, 4) is 0 Å². The Morgan fingerprint density at radius 2 is 1.55 bits per heavy atom. The fourth-order valence-electron chi connectivity index (χ4n) is 5.84. The Bertz CT molecular complexity index is 1190. The van der Waals surface area contributed by atoms with Gasteiger partial charge in [-0.2, -0.15) is 26.3 Å². The minimum Gasteiger partial charge on any atom is -0.342 e. The number of carbonyl (C=O) groups excluding carboxylic acids is 2. The van der Waals surface area contributed by atoms with Gasteiger partial charge in [0.25, 0.3) is 0 Å². The van der Waals surface area contributed by atoms with Crippen LogP contribution in [0.3, 0.4) is 0 Å². The monoisotopic (exact) mass is 569 g/mol. The molecule has 2 atom stereocenters. The molecule has 2 unspecified atom stereocenters. The summed E-state index contributed by atoms with van der Waals surface area (Å²) in [5, 5.41) is 3.25. The third-order valence-corrected chi connectivity index (χ3v) is 7.96. The van der Waals surface area contributed by atoms with Crippen molar-refractivity contribution in [3.05, 3.63) is 70.3 Å². The Labute approximate surface area is 229 Å². The molecule has 2 aromatic carbocycles. The van der Waals surface area contributed by atoms with E-state index in [4.69, 9.17) is 0 Å². The summed E-state index contributed by atoms with van der Waals surface area (Å²) >= 11 is 0. The predicted octanol–water partition coefficient (Wildman–Crippen LogP) is 5.62. The molecular weight excluding hydrogens is 536 g/mol. The van der Waals surface area contributed by atoms with Crippen LogP contribution in [0.25, 0.3) is 0 Å². The lowest BCUT2D eigenvalue weighted by molar-refractivity contribution is -0.144. The number of nitrogens with zero attached hydrogens (tertiary/aromatic N) is 2. The summed E-state index contributed by atoms with van der Waals surface area (Å²) in [5.74, 6) is -1.35. The van der Waals surface area contributed by atoms with E-state index in [1.54, 1.807) is 4.90 Å². The van der Waals surface area contributed by atoms with Crippen LogP contribution in [0.15, 0.2) is 42.5 Å². The molecule has 2 aromatic rings. The van der Waals surface area contributed by atoms with Crippen LogP contribution in [0.2, 0.25) is 0 Å². The molecule has 1 N–H and O–H groups in total. The second-order valence-electron chi connectivity index (χ2n) is 10.8. The first-order valence-electron chi connectivity index (χ1n) is 13.3. The van der Waals surface area contributed by atoms with Gasteiger partial charge in [0, 0.05) is 44.4 Å². The second-order valence-corrected chi connectivity index (χ2v) is 10.8. The number of benzene rings is 2. The Morgan fingerprint density at radius 3 is 2.12 bits per heavy atom. The van der Waals surface area contributed by atoms with Crippen molar-refractivity contribution >= 4 is 11.8 Å². The normalized spacial score (nSPS) is 20.9. The number of alkyl halides is 6. The Kier molecular flexibility index (Phi) is 8.82. The molecular formula is C29H33F6N3O2. The van der Waals surface area contributed by atoms with Crippen molar-refractivity contribution < 1.29 is 35.9 Å². The maximum absolute atomic E-state index is 13.7. The van der Waals surface area contributed by atoms with E-state index in [2.05, 4.69) is 5.32 Å². The third kappa shape index (κ3) is 6.79. The van der Waals surface area contributed by atoms with Crippen LogP contribution in [0, 0.1) is 18.8 Å². The molecule has 2 aliphatic rings. The molecule has 0 bridgehead atoms. The molecule has 4 rings (SSSR count). The Morgan fingerprint density at radius 1 is 0.950 bits per heavy atom. The van der Waals surface area contributed by atoms with Crippen molar-refractivity contribution in [2.24, 2.45) is 11.8 Å². The number of hydrogen-bond acceptors (Lipinski definition) is 3. The molecule has 0 aromatic heterocycles. The smallest absolute Gasteiger partial charge is 0.342 e.